The first-order valence-electron chi connectivity index (χ1n) is 10.8. The van der Waals surface area contributed by atoms with E-state index in [4.69, 9.17) is 14.9 Å². The first-order chi connectivity index (χ1) is 16.1. The molecule has 0 bridgehead atoms. The lowest BCUT2D eigenvalue weighted by atomic mass is 9.96. The average Bonchev–Trinajstić information content (AvgIpc) is 3.26. The molecule has 0 amide bonds. The molecule has 166 valence electrons. The minimum atomic E-state index is -0.897. The van der Waals surface area contributed by atoms with Gasteiger partial charge in [0.05, 0.1) is 24.2 Å². The van der Waals surface area contributed by atoms with Gasteiger partial charge >= 0.3 is 0 Å². The number of thioether (sulfide) groups is 1. The monoisotopic (exact) mass is 456 g/mol. The lowest BCUT2D eigenvalue weighted by Gasteiger charge is -2.47. The zero-order valence-corrected chi connectivity index (χ0v) is 19.5. The van der Waals surface area contributed by atoms with Gasteiger partial charge in [0, 0.05) is 18.1 Å². The van der Waals surface area contributed by atoms with Gasteiger partial charge in [0.1, 0.15) is 5.75 Å². The van der Waals surface area contributed by atoms with Crippen molar-refractivity contribution in [1.29, 1.82) is 0 Å². The molecular formula is C26H24N4O2S. The van der Waals surface area contributed by atoms with E-state index in [1.165, 1.54) is 11.8 Å². The minimum Gasteiger partial charge on any atom is -0.497 e. The zero-order chi connectivity index (χ0) is 23.0. The molecule has 0 aromatic heterocycles. The summed E-state index contributed by atoms with van der Waals surface area (Å²) in [6.07, 6.45) is 0.782. The van der Waals surface area contributed by atoms with Gasteiger partial charge in [0.2, 0.25) is 4.99 Å². The highest BCUT2D eigenvalue weighted by molar-refractivity contribution is 8.17. The van der Waals surface area contributed by atoms with Crippen LogP contribution < -0.4 is 14.8 Å². The Morgan fingerprint density at radius 2 is 1.55 bits per heavy atom. The third kappa shape index (κ3) is 3.40. The molecule has 0 N–H and O–H groups in total. The summed E-state index contributed by atoms with van der Waals surface area (Å²) in [7, 11) is 1.64. The van der Waals surface area contributed by atoms with Gasteiger partial charge in [-0.15, -0.1) is 0 Å². The third-order valence-electron chi connectivity index (χ3n) is 5.77. The highest BCUT2D eigenvalue weighted by Crippen LogP contribution is 2.54. The quantitative estimate of drug-likeness (QED) is 0.501. The van der Waals surface area contributed by atoms with Gasteiger partial charge in [-0.25, -0.2) is 10.0 Å². The van der Waals surface area contributed by atoms with E-state index in [0.717, 1.165) is 40.4 Å². The van der Waals surface area contributed by atoms with E-state index >= 15 is 0 Å². The van der Waals surface area contributed by atoms with Crippen molar-refractivity contribution in [2.45, 2.75) is 25.3 Å². The smallest absolute Gasteiger partial charge is 0.234 e. The number of anilines is 2. The van der Waals surface area contributed by atoms with Crippen molar-refractivity contribution in [1.82, 2.24) is 0 Å². The van der Waals surface area contributed by atoms with Gasteiger partial charge in [-0.05, 0) is 54.6 Å². The maximum absolute atomic E-state index is 12.6. The van der Waals surface area contributed by atoms with Gasteiger partial charge in [-0.2, -0.15) is 10.2 Å². The molecule has 2 heterocycles. The molecule has 2 aliphatic heterocycles. The molecular weight excluding hydrogens is 432 g/mol. The number of para-hydroxylation sites is 1. The van der Waals surface area contributed by atoms with Gasteiger partial charge in [-0.3, -0.25) is 4.79 Å². The molecule has 0 fully saturated rings. The van der Waals surface area contributed by atoms with Gasteiger partial charge in [0.15, 0.2) is 10.8 Å². The molecule has 0 unspecified atom stereocenters. The molecule has 1 atom stereocenters. The van der Waals surface area contributed by atoms with E-state index < -0.39 is 4.99 Å². The molecule has 7 heteroatoms. The molecule has 0 aliphatic carbocycles. The number of nitrogens with zero attached hydrogens (tertiary/aromatic N) is 4. The Morgan fingerprint density at radius 3 is 2.21 bits per heavy atom. The van der Waals surface area contributed by atoms with Crippen molar-refractivity contribution in [3.05, 3.63) is 90.0 Å². The van der Waals surface area contributed by atoms with Crippen LogP contribution in [0.1, 0.15) is 31.4 Å². The molecule has 5 rings (SSSR count). The van der Waals surface area contributed by atoms with Crippen LogP contribution in [0.15, 0.2) is 89.1 Å². The number of carbonyl (C=O) groups excluding carboxylic acids is 1. The Balaban J connectivity index is 1.79. The molecule has 0 radical (unpaired) electrons. The van der Waals surface area contributed by atoms with Crippen LogP contribution in [0.3, 0.4) is 0 Å². The summed E-state index contributed by atoms with van der Waals surface area (Å²) in [5, 5.41) is 14.3. The number of ketones is 1. The Labute approximate surface area is 197 Å². The van der Waals surface area contributed by atoms with Crippen LogP contribution in [0.4, 0.5) is 11.4 Å². The van der Waals surface area contributed by atoms with E-state index in [1.54, 1.807) is 14.0 Å². The second-order valence-electron chi connectivity index (χ2n) is 7.77. The van der Waals surface area contributed by atoms with Crippen molar-refractivity contribution in [3.8, 4) is 5.75 Å². The van der Waals surface area contributed by atoms with E-state index in [0.29, 0.717) is 5.04 Å². The molecule has 3 aromatic carbocycles. The molecule has 0 saturated carbocycles. The normalized spacial score (nSPS) is 19.2. The van der Waals surface area contributed by atoms with E-state index in [2.05, 4.69) is 19.1 Å². The maximum atomic E-state index is 12.6. The SMILES string of the molecule is CCC1=NN(c2ccccc2)[C@]2(SC(C(C)=O)=NN2c2ccc(OC)cc2)c2ccccc21. The summed E-state index contributed by atoms with van der Waals surface area (Å²) in [5.74, 6) is 0.678. The fourth-order valence-electron chi connectivity index (χ4n) is 4.20. The van der Waals surface area contributed by atoms with Crippen LogP contribution in [0.2, 0.25) is 0 Å². The molecule has 2 aliphatic rings. The summed E-state index contributed by atoms with van der Waals surface area (Å²) in [6, 6.07) is 26.0. The number of carbonyl (C=O) groups is 1. The van der Waals surface area contributed by atoms with Crippen molar-refractivity contribution in [2.75, 3.05) is 17.1 Å². The lowest BCUT2D eigenvalue weighted by molar-refractivity contribution is -0.110. The number of Topliss-reactive ketones (excluding diaryl/α,β-unsaturated/α-hetero) is 1. The summed E-state index contributed by atoms with van der Waals surface area (Å²) >= 11 is 1.43. The third-order valence-corrected chi connectivity index (χ3v) is 7.18. The maximum Gasteiger partial charge on any atom is 0.234 e. The first kappa shape index (κ1) is 21.3. The molecule has 33 heavy (non-hydrogen) atoms. The fraction of sp³-hybridized carbons (Fsp3) is 0.192. The number of hydrogen-bond acceptors (Lipinski definition) is 7. The number of fused-ring (bicyclic) bond motifs is 2. The largest absolute Gasteiger partial charge is 0.497 e. The summed E-state index contributed by atoms with van der Waals surface area (Å²) in [5.41, 5.74) is 4.86. The highest BCUT2D eigenvalue weighted by atomic mass is 32.2. The number of benzene rings is 3. The Hall–Kier alpha value is -3.58. The van der Waals surface area contributed by atoms with E-state index in [9.17, 15) is 4.79 Å². The highest BCUT2D eigenvalue weighted by Gasteiger charge is 2.55. The molecule has 3 aromatic rings. The Kier molecular flexibility index (Phi) is 5.42. The van der Waals surface area contributed by atoms with Crippen molar-refractivity contribution < 1.29 is 9.53 Å². The molecule has 0 saturated heterocycles. The van der Waals surface area contributed by atoms with E-state index in [1.807, 2.05) is 76.7 Å². The van der Waals surface area contributed by atoms with Crippen molar-refractivity contribution in [2.24, 2.45) is 10.2 Å². The average molecular weight is 457 g/mol. The summed E-state index contributed by atoms with van der Waals surface area (Å²) in [4.78, 5) is 11.7. The molecule has 6 nitrogen and oxygen atoms in total. The topological polar surface area (TPSA) is 57.5 Å². The zero-order valence-electron chi connectivity index (χ0n) is 18.7. The van der Waals surface area contributed by atoms with Crippen LogP contribution in [0, 0.1) is 0 Å². The standard InChI is InChI=1S/C26H24N4O2S/c1-4-24-22-12-8-9-13-23(22)26(29(27-24)19-10-6-5-7-11-19)30(28-25(33-26)18(2)31)20-14-16-21(32-3)17-15-20/h5-17H,4H2,1-3H3/t26-/m1/s1. The summed E-state index contributed by atoms with van der Waals surface area (Å²) in [6.45, 7) is 3.66. The number of ether oxygens (including phenoxy) is 1. The second-order valence-corrected chi connectivity index (χ2v) is 8.93. The lowest BCUT2D eigenvalue weighted by Crippen LogP contribution is -2.53. The first-order valence-corrected chi connectivity index (χ1v) is 11.7. The van der Waals surface area contributed by atoms with Gasteiger partial charge in [-0.1, -0.05) is 49.4 Å². The van der Waals surface area contributed by atoms with Crippen LogP contribution in [0.25, 0.3) is 0 Å². The van der Waals surface area contributed by atoms with Crippen molar-refractivity contribution >= 4 is 39.7 Å². The number of methoxy groups -OCH3 is 1. The van der Waals surface area contributed by atoms with Crippen LogP contribution >= 0.6 is 11.8 Å². The number of hydrogen-bond donors (Lipinski definition) is 0. The second kappa shape index (κ2) is 8.41. The van der Waals surface area contributed by atoms with Crippen molar-refractivity contribution in [3.63, 3.8) is 0 Å². The van der Waals surface area contributed by atoms with Crippen LogP contribution in [0.5, 0.6) is 5.75 Å². The molecule has 1 spiro atoms. The minimum absolute atomic E-state index is 0.0776. The summed E-state index contributed by atoms with van der Waals surface area (Å²) < 4.78 is 5.36. The predicted molar refractivity (Wildman–Crippen MR) is 135 cm³/mol. The van der Waals surface area contributed by atoms with Crippen LogP contribution in [-0.4, -0.2) is 23.6 Å². The van der Waals surface area contributed by atoms with Gasteiger partial charge in [0.25, 0.3) is 0 Å². The number of rotatable bonds is 5. The van der Waals surface area contributed by atoms with E-state index in [-0.39, 0.29) is 5.78 Å². The Morgan fingerprint density at radius 1 is 0.909 bits per heavy atom. The Bertz CT molecular complexity index is 1260. The number of hydrazone groups is 2. The van der Waals surface area contributed by atoms with Crippen LogP contribution in [-0.2, 0) is 9.79 Å². The predicted octanol–water partition coefficient (Wildman–Crippen LogP) is 5.60. The van der Waals surface area contributed by atoms with Gasteiger partial charge < -0.3 is 4.74 Å². The fourth-order valence-corrected chi connectivity index (χ4v) is 5.48.